The zero-order valence-electron chi connectivity index (χ0n) is 21.9. The van der Waals surface area contributed by atoms with Gasteiger partial charge in [-0.05, 0) is 74.2 Å². The van der Waals surface area contributed by atoms with Crippen molar-refractivity contribution in [2.75, 3.05) is 6.54 Å². The van der Waals surface area contributed by atoms with E-state index in [0.29, 0.717) is 24.3 Å². The largest absolute Gasteiger partial charge is 0.444 e. The molecule has 41 heavy (non-hydrogen) atoms. The average Bonchev–Trinajstić information content (AvgIpc) is 3.21. The van der Waals surface area contributed by atoms with E-state index in [1.165, 1.54) is 0 Å². The summed E-state index contributed by atoms with van der Waals surface area (Å²) in [6.07, 6.45) is -19.3. The molecule has 0 bridgehead atoms. The highest BCUT2D eigenvalue weighted by Gasteiger charge is 2.41. The molecule has 0 aliphatic carbocycles. The predicted molar refractivity (Wildman–Crippen MR) is 126 cm³/mol. The summed E-state index contributed by atoms with van der Waals surface area (Å²) in [5, 5.41) is 0. The number of Topliss-reactive ketones (excluding diaryl/α,β-unsaturated/α-hetero) is 1. The topological polar surface area (TPSA) is 46.6 Å². The van der Waals surface area contributed by atoms with E-state index in [9.17, 15) is 53.5 Å². The van der Waals surface area contributed by atoms with Gasteiger partial charge in [0.15, 0.2) is 5.78 Å². The van der Waals surface area contributed by atoms with Gasteiger partial charge in [-0.2, -0.15) is 39.5 Å². The Morgan fingerprint density at radius 3 is 1.71 bits per heavy atom. The van der Waals surface area contributed by atoms with E-state index < -0.39 is 95.4 Å². The van der Waals surface area contributed by atoms with Crippen molar-refractivity contribution >= 4 is 11.9 Å². The molecule has 1 amide bonds. The minimum Gasteiger partial charge on any atom is -0.444 e. The molecular formula is C27H25F10NO3. The molecule has 0 radical (unpaired) electrons. The normalized spacial score (nSPS) is 18.5. The van der Waals surface area contributed by atoms with Crippen LogP contribution in [0.15, 0.2) is 36.4 Å². The molecule has 0 aromatic heterocycles. The maximum atomic E-state index is 14.1. The third-order valence-corrected chi connectivity index (χ3v) is 6.15. The Morgan fingerprint density at radius 2 is 1.24 bits per heavy atom. The van der Waals surface area contributed by atoms with Gasteiger partial charge in [0.05, 0.1) is 29.3 Å². The Bertz CT molecular complexity index is 1260. The number of ketones is 1. The van der Waals surface area contributed by atoms with Crippen LogP contribution in [0.1, 0.15) is 55.9 Å². The summed E-state index contributed by atoms with van der Waals surface area (Å²) in [5.74, 6) is -0.701. The Labute approximate surface area is 228 Å². The Hall–Kier alpha value is -3.32. The first-order valence-corrected chi connectivity index (χ1v) is 12.2. The van der Waals surface area contributed by atoms with Gasteiger partial charge in [0.2, 0.25) is 0 Å². The van der Waals surface area contributed by atoms with Crippen molar-refractivity contribution in [3.8, 4) is 11.1 Å². The van der Waals surface area contributed by atoms with Crippen LogP contribution in [0.4, 0.5) is 48.7 Å². The minimum absolute atomic E-state index is 0.146. The van der Waals surface area contributed by atoms with Gasteiger partial charge in [-0.3, -0.25) is 9.69 Å². The lowest BCUT2D eigenvalue weighted by molar-refractivity contribution is -0.143. The number of nitrogens with zero attached hydrogens (tertiary/aromatic N) is 1. The molecule has 0 saturated carbocycles. The van der Waals surface area contributed by atoms with E-state index in [-0.39, 0.29) is 18.1 Å². The van der Waals surface area contributed by atoms with Gasteiger partial charge in [0.1, 0.15) is 11.8 Å². The summed E-state index contributed by atoms with van der Waals surface area (Å²) in [4.78, 5) is 26.2. The minimum atomic E-state index is -5.22. The molecule has 4 nitrogen and oxygen atoms in total. The zero-order chi connectivity index (χ0) is 31.1. The fourth-order valence-corrected chi connectivity index (χ4v) is 4.33. The molecule has 1 saturated heterocycles. The molecular weight excluding hydrogens is 576 g/mol. The standard InChI is InChI=1S/C27H25F10NO3/c1-24(2,3)41-23(40)38-13-20(28)12-21(38)22(39)5-4-14-6-15(8-17(7-14)25(29,30)31)16-9-18(26(32,33)34)11-19(10-16)27(35,36)37/h6-11,20-21H,4-5,12-13H2,1-3H3/t20-,21-/m0/s1. The van der Waals surface area contributed by atoms with Crippen LogP contribution in [0.5, 0.6) is 0 Å². The second-order valence-corrected chi connectivity index (χ2v) is 10.7. The number of likely N-dealkylation sites (tertiary alicyclic amines) is 1. The number of alkyl halides is 10. The molecule has 2 aromatic rings. The number of benzene rings is 2. The first-order valence-electron chi connectivity index (χ1n) is 12.2. The maximum absolute atomic E-state index is 14.1. The van der Waals surface area contributed by atoms with Crippen LogP contribution in [-0.4, -0.2) is 41.1 Å². The second kappa shape index (κ2) is 11.2. The quantitative estimate of drug-likeness (QED) is 0.324. The van der Waals surface area contributed by atoms with E-state index in [1.807, 2.05) is 0 Å². The summed E-state index contributed by atoms with van der Waals surface area (Å²) in [6, 6.07) is 1.19. The fraction of sp³-hybridized carbons (Fsp3) is 0.481. The van der Waals surface area contributed by atoms with Gasteiger partial charge in [-0.15, -0.1) is 0 Å². The number of aryl methyl sites for hydroxylation is 1. The van der Waals surface area contributed by atoms with Gasteiger partial charge >= 0.3 is 24.6 Å². The van der Waals surface area contributed by atoms with E-state index >= 15 is 0 Å². The summed E-state index contributed by atoms with van der Waals surface area (Å²) in [5.41, 5.74) is -7.29. The molecule has 1 aliphatic heterocycles. The molecule has 14 heteroatoms. The van der Waals surface area contributed by atoms with Crippen LogP contribution in [0.3, 0.4) is 0 Å². The SMILES string of the molecule is CC(C)(C)OC(=O)N1C[C@@H](F)C[C@H]1C(=O)CCc1cc(-c2cc(C(F)(F)F)cc(C(F)(F)F)c2)cc(C(F)(F)F)c1. The monoisotopic (exact) mass is 601 g/mol. The smallest absolute Gasteiger partial charge is 0.416 e. The van der Waals surface area contributed by atoms with Crippen molar-refractivity contribution in [2.24, 2.45) is 0 Å². The Morgan fingerprint density at radius 1 is 0.780 bits per heavy atom. The number of hydrogen-bond acceptors (Lipinski definition) is 3. The predicted octanol–water partition coefficient (Wildman–Crippen LogP) is 8.26. The van der Waals surface area contributed by atoms with E-state index in [0.717, 1.165) is 11.0 Å². The number of carbonyl (C=O) groups excluding carboxylic acids is 2. The number of rotatable bonds is 5. The zero-order valence-corrected chi connectivity index (χ0v) is 21.9. The average molecular weight is 601 g/mol. The first kappa shape index (κ1) is 32.2. The highest BCUT2D eigenvalue weighted by Crippen LogP contribution is 2.40. The van der Waals surface area contributed by atoms with Crippen molar-refractivity contribution in [1.82, 2.24) is 4.90 Å². The number of hydrogen-bond donors (Lipinski definition) is 0. The van der Waals surface area contributed by atoms with E-state index in [2.05, 4.69) is 0 Å². The number of amides is 1. The summed E-state index contributed by atoms with van der Waals surface area (Å²) in [6.45, 7) is 4.23. The molecule has 226 valence electrons. The lowest BCUT2D eigenvalue weighted by Crippen LogP contribution is -2.43. The van der Waals surface area contributed by atoms with Crippen molar-refractivity contribution in [3.05, 3.63) is 58.7 Å². The molecule has 1 fully saturated rings. The van der Waals surface area contributed by atoms with Crippen molar-refractivity contribution in [3.63, 3.8) is 0 Å². The molecule has 2 atom stereocenters. The lowest BCUT2D eigenvalue weighted by atomic mass is 9.93. The van der Waals surface area contributed by atoms with Gasteiger partial charge in [0.25, 0.3) is 0 Å². The highest BCUT2D eigenvalue weighted by atomic mass is 19.4. The number of halogens is 10. The molecule has 1 heterocycles. The van der Waals surface area contributed by atoms with Crippen molar-refractivity contribution < 1.29 is 58.2 Å². The summed E-state index contributed by atoms with van der Waals surface area (Å²) >= 11 is 0. The van der Waals surface area contributed by atoms with Crippen molar-refractivity contribution in [2.45, 2.75) is 76.4 Å². The third-order valence-electron chi connectivity index (χ3n) is 6.15. The molecule has 2 aromatic carbocycles. The molecule has 1 aliphatic rings. The third kappa shape index (κ3) is 8.35. The van der Waals surface area contributed by atoms with Gasteiger partial charge < -0.3 is 4.74 Å². The first-order chi connectivity index (χ1) is 18.5. The van der Waals surface area contributed by atoms with Gasteiger partial charge in [0, 0.05) is 12.8 Å². The van der Waals surface area contributed by atoms with Crippen molar-refractivity contribution in [1.29, 1.82) is 0 Å². The van der Waals surface area contributed by atoms with Crippen LogP contribution in [0, 0.1) is 0 Å². The Balaban J connectivity index is 1.96. The molecule has 0 spiro atoms. The van der Waals surface area contributed by atoms with Crippen LogP contribution < -0.4 is 0 Å². The molecule has 0 N–H and O–H groups in total. The Kier molecular flexibility index (Phi) is 8.77. The summed E-state index contributed by atoms with van der Waals surface area (Å²) in [7, 11) is 0. The van der Waals surface area contributed by atoms with Crippen LogP contribution in [0.25, 0.3) is 11.1 Å². The molecule has 0 unspecified atom stereocenters. The van der Waals surface area contributed by atoms with Crippen LogP contribution >= 0.6 is 0 Å². The van der Waals surface area contributed by atoms with E-state index in [4.69, 9.17) is 4.74 Å². The maximum Gasteiger partial charge on any atom is 0.416 e. The molecule has 3 rings (SSSR count). The number of ether oxygens (including phenoxy) is 1. The van der Waals surface area contributed by atoms with Crippen LogP contribution in [0.2, 0.25) is 0 Å². The van der Waals surface area contributed by atoms with Gasteiger partial charge in [-0.1, -0.05) is 6.07 Å². The summed E-state index contributed by atoms with van der Waals surface area (Å²) < 4.78 is 140. The number of carbonyl (C=O) groups is 2. The fourth-order valence-electron chi connectivity index (χ4n) is 4.33. The van der Waals surface area contributed by atoms with Crippen LogP contribution in [-0.2, 0) is 34.5 Å². The lowest BCUT2D eigenvalue weighted by Gasteiger charge is -2.27. The van der Waals surface area contributed by atoms with Gasteiger partial charge in [-0.25, -0.2) is 9.18 Å². The van der Waals surface area contributed by atoms with E-state index in [1.54, 1.807) is 20.8 Å². The second-order valence-electron chi connectivity index (χ2n) is 10.7. The highest BCUT2D eigenvalue weighted by molar-refractivity contribution is 5.88.